The fourth-order valence-corrected chi connectivity index (χ4v) is 13.7. The molecule has 646 valence electrons. The van der Waals surface area contributed by atoms with Crippen LogP contribution in [0.15, 0.2) is 251 Å². The minimum Gasteiger partial charge on any atom is -0.350 e. The van der Waals surface area contributed by atoms with Crippen LogP contribution in [0.1, 0.15) is 197 Å². The van der Waals surface area contributed by atoms with Gasteiger partial charge in [0.2, 0.25) is 0 Å². The quantitative estimate of drug-likeness (QED) is 0.147. The Kier molecular flexibility index (Phi) is 52.1. The lowest BCUT2D eigenvalue weighted by molar-refractivity contribution is 0.794. The molecule has 0 unspecified atom stereocenters. The summed E-state index contributed by atoms with van der Waals surface area (Å²) in [5, 5.41) is 16.9. The van der Waals surface area contributed by atoms with E-state index in [0.29, 0.717) is 0 Å². The normalized spacial score (nSPS) is 9.49. The van der Waals surface area contributed by atoms with Crippen molar-refractivity contribution < 1.29 is 0 Å². The zero-order valence-electron chi connectivity index (χ0n) is 81.0. The molecular weight excluding hydrogens is 1480 g/mol. The van der Waals surface area contributed by atoms with Crippen molar-refractivity contribution in [3.63, 3.8) is 0 Å². The molecule has 0 aliphatic carbocycles. The number of fused-ring (bicyclic) bond motifs is 9. The van der Waals surface area contributed by atoms with Gasteiger partial charge in [0.1, 0.15) is 0 Å². The van der Waals surface area contributed by atoms with Gasteiger partial charge >= 0.3 is 0 Å². The van der Waals surface area contributed by atoms with Gasteiger partial charge in [0.05, 0.1) is 62.4 Å². The number of imidazole rings is 1. The number of aromatic nitrogens is 13. The third kappa shape index (κ3) is 30.7. The molecule has 0 amide bonds. The van der Waals surface area contributed by atoms with E-state index in [-0.39, 0.29) is 0 Å². The predicted octanol–water partition coefficient (Wildman–Crippen LogP) is 30.7. The van der Waals surface area contributed by atoms with Crippen LogP contribution in [0, 0.1) is 90.0 Å². The maximum absolute atomic E-state index is 4.30. The smallest absolute Gasteiger partial charge is 0.0955 e. The molecule has 11 aromatic heterocycles. The largest absolute Gasteiger partial charge is 0.350 e. The second-order valence-corrected chi connectivity index (χ2v) is 26.5. The average molecular weight is 1630 g/mol. The van der Waals surface area contributed by atoms with Gasteiger partial charge in [-0.3, -0.25) is 34.6 Å². The number of hydrogen-bond donors (Lipinski definition) is 0. The van der Waals surface area contributed by atoms with Crippen LogP contribution >= 0.6 is 0 Å². The fourth-order valence-electron chi connectivity index (χ4n) is 13.7. The first kappa shape index (κ1) is 107. The highest BCUT2D eigenvalue weighted by atomic mass is 15.2. The number of benzene rings is 7. The first-order valence-corrected chi connectivity index (χ1v) is 43.8. The van der Waals surface area contributed by atoms with E-state index >= 15 is 0 Å². The number of rotatable bonds is 0. The van der Waals surface area contributed by atoms with Crippen LogP contribution < -0.4 is 0 Å². The Morgan fingerprint density at radius 2 is 0.537 bits per heavy atom. The predicted molar refractivity (Wildman–Crippen MR) is 536 cm³/mol. The first-order valence-electron chi connectivity index (χ1n) is 43.8. The summed E-state index contributed by atoms with van der Waals surface area (Å²) < 4.78 is 10.3. The summed E-state index contributed by atoms with van der Waals surface area (Å²) in [6, 6.07) is 58.3. The van der Waals surface area contributed by atoms with Crippen LogP contribution in [0.25, 0.3) is 98.0 Å². The Morgan fingerprint density at radius 1 is 0.207 bits per heavy atom. The van der Waals surface area contributed by atoms with Crippen LogP contribution in [-0.2, 0) is 35.2 Å². The number of para-hydroxylation sites is 3. The van der Waals surface area contributed by atoms with E-state index in [4.69, 9.17) is 0 Å². The standard InChI is InChI=1S/4C11H11N.C10H11N.4C9H10N2.9C2H6/c1-8-4-3-5-10-7-12-6-9(2)11(8)10;1-8-4-3-5-10-6-7-12-9(2)11(8)10;2*1-8-4-3-5-10-11(8)9(2)6-7-12-10;1-8-4-3-5-9-6-7-11(2)10(8)9;1-7-9-8(3-5-10-7)4-6-11(9)2;1-7-5-10-6-8-3-4-11(2)9(7)8;1-7-4-3-5-8-9(7)11(2)6-10-8;1-7-4-3-5-8-6-10-11(2)9(7)8;9*1-2/h4*3-7H,1-2H3;3-7H,1-2H3;4*3-6H,1-2H3;9*1-2H3. The molecule has 0 bridgehead atoms. The number of nitrogens with zero attached hydrogens (tertiary/aromatic N) is 13. The van der Waals surface area contributed by atoms with Crippen molar-refractivity contribution >= 4 is 98.0 Å². The van der Waals surface area contributed by atoms with Crippen LogP contribution in [0.2, 0.25) is 0 Å². The average Bonchev–Trinajstić information content (AvgIpc) is 1.30. The van der Waals surface area contributed by atoms with Crippen LogP contribution in [0.5, 0.6) is 0 Å². The molecule has 0 radical (unpaired) electrons. The Hall–Kier alpha value is -12.0. The maximum atomic E-state index is 4.30. The van der Waals surface area contributed by atoms with Crippen LogP contribution in [0.4, 0.5) is 0 Å². The lowest BCUT2D eigenvalue weighted by Crippen LogP contribution is -1.90. The van der Waals surface area contributed by atoms with Crippen molar-refractivity contribution in [3.05, 3.63) is 323 Å². The van der Waals surface area contributed by atoms with Crippen molar-refractivity contribution in [2.75, 3.05) is 0 Å². The minimum atomic E-state index is 1.08. The van der Waals surface area contributed by atoms with Gasteiger partial charge in [-0.05, 0) is 228 Å². The molecule has 7 aromatic carbocycles. The van der Waals surface area contributed by atoms with E-state index in [1.165, 1.54) is 143 Å². The first-order chi connectivity index (χ1) is 58.6. The van der Waals surface area contributed by atoms with E-state index in [9.17, 15) is 0 Å². The highest BCUT2D eigenvalue weighted by Crippen LogP contribution is 2.26. The van der Waals surface area contributed by atoms with Crippen molar-refractivity contribution in [2.45, 2.75) is 215 Å². The topological polar surface area (TPSA) is 128 Å². The molecular formula is C108H149N13. The highest BCUT2D eigenvalue weighted by Gasteiger charge is 2.07. The van der Waals surface area contributed by atoms with Gasteiger partial charge in [0.15, 0.2) is 0 Å². The Balaban J connectivity index is 0.000000664. The fraction of sp³-hybridized carbons (Fsp3) is 0.333. The molecule has 0 spiro atoms. The highest BCUT2D eigenvalue weighted by molar-refractivity contribution is 5.90. The van der Waals surface area contributed by atoms with Crippen LogP contribution in [0.3, 0.4) is 0 Å². The number of pyridine rings is 6. The molecule has 18 rings (SSSR count). The molecule has 0 aliphatic heterocycles. The van der Waals surface area contributed by atoms with Crippen molar-refractivity contribution in [1.82, 2.24) is 62.9 Å². The molecule has 13 heteroatoms. The zero-order valence-corrected chi connectivity index (χ0v) is 81.0. The summed E-state index contributed by atoms with van der Waals surface area (Å²) in [4.78, 5) is 29.6. The van der Waals surface area contributed by atoms with Gasteiger partial charge < -0.3 is 18.3 Å². The van der Waals surface area contributed by atoms with Crippen LogP contribution in [-0.4, -0.2) is 62.9 Å². The second kappa shape index (κ2) is 58.8. The van der Waals surface area contributed by atoms with Gasteiger partial charge in [-0.2, -0.15) is 5.10 Å². The van der Waals surface area contributed by atoms with E-state index < -0.39 is 0 Å². The third-order valence-corrected chi connectivity index (χ3v) is 18.7. The summed E-state index contributed by atoms with van der Waals surface area (Å²) >= 11 is 0. The van der Waals surface area contributed by atoms with Gasteiger partial charge in [-0.25, -0.2) is 4.98 Å². The summed E-state index contributed by atoms with van der Waals surface area (Å²) in [6.45, 7) is 63.3. The summed E-state index contributed by atoms with van der Waals surface area (Å²) in [7, 11) is 10.2. The zero-order chi connectivity index (χ0) is 91.4. The Morgan fingerprint density at radius 3 is 0.975 bits per heavy atom. The molecule has 0 atom stereocenters. The third-order valence-electron chi connectivity index (χ3n) is 18.7. The van der Waals surface area contributed by atoms with E-state index in [1.54, 1.807) is 0 Å². The Labute approximate surface area is 729 Å². The van der Waals surface area contributed by atoms with Crippen molar-refractivity contribution in [3.8, 4) is 0 Å². The molecule has 11 heterocycles. The summed E-state index contributed by atoms with van der Waals surface area (Å²) in [5.74, 6) is 0. The molecule has 18 aromatic rings. The van der Waals surface area contributed by atoms with Gasteiger partial charge in [-0.15, -0.1) is 0 Å². The molecule has 121 heavy (non-hydrogen) atoms. The van der Waals surface area contributed by atoms with E-state index in [2.05, 4.69) is 309 Å². The number of hydrogen-bond acceptors (Lipinski definition) is 8. The maximum Gasteiger partial charge on any atom is 0.0955 e. The lowest BCUT2D eigenvalue weighted by atomic mass is 10.0. The van der Waals surface area contributed by atoms with Crippen molar-refractivity contribution in [1.29, 1.82) is 0 Å². The van der Waals surface area contributed by atoms with Gasteiger partial charge in [0, 0.05) is 147 Å². The monoisotopic (exact) mass is 1630 g/mol. The molecule has 0 saturated heterocycles. The molecule has 0 N–H and O–H groups in total. The summed E-state index contributed by atoms with van der Waals surface area (Å²) in [6.07, 6.45) is 25.0. The lowest BCUT2D eigenvalue weighted by Gasteiger charge is -2.03. The Bertz CT molecular complexity index is 4970. The van der Waals surface area contributed by atoms with Crippen molar-refractivity contribution in [2.24, 2.45) is 35.2 Å². The van der Waals surface area contributed by atoms with Gasteiger partial charge in [-0.1, -0.05) is 234 Å². The summed E-state index contributed by atoms with van der Waals surface area (Å²) in [5.41, 5.74) is 26.0. The van der Waals surface area contributed by atoms with E-state index in [0.717, 1.165) is 27.9 Å². The second-order valence-electron chi connectivity index (χ2n) is 26.5. The molecule has 0 fully saturated rings. The molecule has 13 nitrogen and oxygen atoms in total. The number of aryl methyl sites for hydroxylation is 18. The molecule has 0 aliphatic rings. The molecule has 0 saturated carbocycles. The van der Waals surface area contributed by atoms with Gasteiger partial charge in [0.25, 0.3) is 0 Å². The van der Waals surface area contributed by atoms with E-state index in [1.807, 2.05) is 254 Å². The SMILES string of the molecule is CC.CC.CC.CC.CC.CC.CC.CC.CC.Cc1cccc2ccn(C)c12.Cc1cccc2ccnc(C)c12.Cc1cccc2cncc(C)c12.Cc1cccc2cnn(C)c12.Cc1cccc2nccc(C)c12.Cc1cccc2nccc(C)c12.Cc1cccc2ncn(C)c12.Cc1cncc2ccn(C)c12.Cc1nccc2ccn(C)c12. The minimum absolute atomic E-state index is 1.08.